The summed E-state index contributed by atoms with van der Waals surface area (Å²) in [5, 5.41) is 11.7. The van der Waals surface area contributed by atoms with Crippen molar-refractivity contribution in [2.75, 3.05) is 25.3 Å². The highest BCUT2D eigenvalue weighted by Gasteiger charge is 2.17. The third-order valence-electron chi connectivity index (χ3n) is 4.47. The largest absolute Gasteiger partial charge is 0.493 e. The van der Waals surface area contributed by atoms with Gasteiger partial charge in [-0.25, -0.2) is 4.79 Å². The van der Waals surface area contributed by atoms with Crippen molar-refractivity contribution in [2.24, 2.45) is 0 Å². The first-order chi connectivity index (χ1) is 16.1. The average molecular weight is 469 g/mol. The fourth-order valence-corrected chi connectivity index (χ4v) is 3.69. The first-order valence-corrected chi connectivity index (χ1v) is 10.9. The third-order valence-corrected chi connectivity index (χ3v) is 5.44. The smallest absolute Gasteiger partial charge is 0.339 e. The summed E-state index contributed by atoms with van der Waals surface area (Å²) in [6, 6.07) is 14.0. The van der Waals surface area contributed by atoms with E-state index in [9.17, 15) is 9.59 Å². The predicted molar refractivity (Wildman–Crippen MR) is 125 cm³/mol. The molecule has 0 aliphatic rings. The van der Waals surface area contributed by atoms with Crippen LogP contribution in [-0.4, -0.2) is 46.6 Å². The number of amides is 1. The van der Waals surface area contributed by atoms with E-state index in [0.29, 0.717) is 34.7 Å². The second-order valence-corrected chi connectivity index (χ2v) is 7.55. The summed E-state index contributed by atoms with van der Waals surface area (Å²) < 4.78 is 17.7. The van der Waals surface area contributed by atoms with Crippen molar-refractivity contribution >= 4 is 29.3 Å². The summed E-state index contributed by atoms with van der Waals surface area (Å²) >= 11 is 1.22. The monoisotopic (exact) mass is 468 g/mol. The van der Waals surface area contributed by atoms with E-state index in [1.807, 2.05) is 22.8 Å². The molecule has 0 saturated carbocycles. The maximum atomic E-state index is 12.5. The van der Waals surface area contributed by atoms with Crippen molar-refractivity contribution in [3.8, 4) is 11.5 Å². The van der Waals surface area contributed by atoms with Crippen molar-refractivity contribution in [3.63, 3.8) is 0 Å². The van der Waals surface area contributed by atoms with Crippen molar-refractivity contribution in [2.45, 2.75) is 18.3 Å². The molecule has 0 radical (unpaired) electrons. The molecule has 0 bridgehead atoms. The van der Waals surface area contributed by atoms with Crippen LogP contribution < -0.4 is 14.8 Å². The van der Waals surface area contributed by atoms with E-state index in [1.165, 1.54) is 18.9 Å². The Hall–Kier alpha value is -3.79. The van der Waals surface area contributed by atoms with Crippen LogP contribution in [0.1, 0.15) is 16.2 Å². The van der Waals surface area contributed by atoms with Crippen molar-refractivity contribution < 1.29 is 23.8 Å². The number of allylic oxidation sites excluding steroid dienone is 1. The maximum Gasteiger partial charge on any atom is 0.339 e. The Morgan fingerprint density at radius 2 is 1.82 bits per heavy atom. The van der Waals surface area contributed by atoms with E-state index in [2.05, 4.69) is 22.1 Å². The maximum absolute atomic E-state index is 12.5. The number of thioether (sulfide) groups is 1. The van der Waals surface area contributed by atoms with Gasteiger partial charge in [0, 0.05) is 6.54 Å². The molecule has 1 aromatic heterocycles. The minimum absolute atomic E-state index is 0.0676. The quantitative estimate of drug-likeness (QED) is 0.259. The van der Waals surface area contributed by atoms with E-state index in [-0.39, 0.29) is 23.8 Å². The Kier molecular flexibility index (Phi) is 8.48. The minimum Gasteiger partial charge on any atom is -0.493 e. The number of hydrogen-bond donors (Lipinski definition) is 1. The number of aromatic nitrogens is 3. The average Bonchev–Trinajstić information content (AvgIpc) is 3.23. The van der Waals surface area contributed by atoms with Gasteiger partial charge in [-0.15, -0.1) is 16.8 Å². The molecule has 0 unspecified atom stereocenters. The lowest BCUT2D eigenvalue weighted by Crippen LogP contribution is -2.17. The molecule has 1 heterocycles. The van der Waals surface area contributed by atoms with E-state index in [4.69, 9.17) is 14.2 Å². The first-order valence-electron chi connectivity index (χ1n) is 9.96. The lowest BCUT2D eigenvalue weighted by atomic mass is 10.2. The van der Waals surface area contributed by atoms with Crippen LogP contribution in [0.3, 0.4) is 0 Å². The molecule has 1 N–H and O–H groups in total. The Labute approximate surface area is 195 Å². The number of para-hydroxylation sites is 3. The van der Waals surface area contributed by atoms with Crippen LogP contribution in [0.2, 0.25) is 0 Å². The Morgan fingerprint density at radius 3 is 2.55 bits per heavy atom. The minimum atomic E-state index is -0.524. The number of benzene rings is 2. The first kappa shape index (κ1) is 23.9. The number of anilines is 1. The van der Waals surface area contributed by atoms with E-state index >= 15 is 0 Å². The van der Waals surface area contributed by atoms with Crippen LogP contribution in [0.25, 0.3) is 0 Å². The number of methoxy groups -OCH3 is 2. The van der Waals surface area contributed by atoms with Gasteiger partial charge in [-0.1, -0.05) is 42.1 Å². The number of nitrogens with zero attached hydrogens (tertiary/aromatic N) is 3. The molecule has 0 spiro atoms. The van der Waals surface area contributed by atoms with Crippen LogP contribution in [0.4, 0.5) is 5.69 Å². The molecule has 3 aromatic rings. The van der Waals surface area contributed by atoms with Crippen LogP contribution >= 0.6 is 11.8 Å². The lowest BCUT2D eigenvalue weighted by molar-refractivity contribution is -0.113. The third kappa shape index (κ3) is 6.13. The molecular weight excluding hydrogens is 444 g/mol. The molecule has 0 atom stereocenters. The molecule has 10 heteroatoms. The van der Waals surface area contributed by atoms with Crippen LogP contribution in [0.15, 0.2) is 66.3 Å². The zero-order valence-corrected chi connectivity index (χ0v) is 19.1. The number of esters is 1. The number of rotatable bonds is 11. The van der Waals surface area contributed by atoms with Crippen molar-refractivity contribution in [1.29, 1.82) is 0 Å². The van der Waals surface area contributed by atoms with E-state index in [0.717, 1.165) is 0 Å². The summed E-state index contributed by atoms with van der Waals surface area (Å²) in [4.78, 5) is 24.4. The summed E-state index contributed by atoms with van der Waals surface area (Å²) in [7, 11) is 2.87. The topological polar surface area (TPSA) is 105 Å². The SMILES string of the molecule is C=CCn1c(COc2ccccc2OC)nnc1SCC(=O)Nc1ccccc1C(=O)OC. The fraction of sp³-hybridized carbons (Fsp3) is 0.217. The molecule has 0 aliphatic carbocycles. The molecule has 2 aromatic carbocycles. The molecule has 33 heavy (non-hydrogen) atoms. The standard InChI is InChI=1S/C23H24N4O5S/c1-4-13-27-20(14-32-19-12-8-7-11-18(19)30-2)25-26-23(27)33-15-21(28)24-17-10-6-5-9-16(17)22(29)31-3/h4-12H,1,13-15H2,2-3H3,(H,24,28). The van der Waals surface area contributed by atoms with Gasteiger partial charge in [-0.05, 0) is 24.3 Å². The summed E-state index contributed by atoms with van der Waals surface area (Å²) in [5.41, 5.74) is 0.664. The number of carbonyl (C=O) groups is 2. The normalized spacial score (nSPS) is 10.4. The molecule has 172 valence electrons. The highest BCUT2D eigenvalue weighted by atomic mass is 32.2. The van der Waals surface area contributed by atoms with Crippen molar-refractivity contribution in [3.05, 3.63) is 72.6 Å². The summed E-state index contributed by atoms with van der Waals surface area (Å²) in [6.45, 7) is 4.40. The number of carbonyl (C=O) groups excluding carboxylic acids is 2. The molecule has 1 amide bonds. The molecule has 0 saturated heterocycles. The molecule has 3 rings (SSSR count). The van der Waals surface area contributed by atoms with Crippen LogP contribution in [-0.2, 0) is 22.7 Å². The van der Waals surface area contributed by atoms with Gasteiger partial charge >= 0.3 is 5.97 Å². The van der Waals surface area contributed by atoms with Gasteiger partial charge in [0.1, 0.15) is 6.61 Å². The van der Waals surface area contributed by atoms with Gasteiger partial charge in [0.15, 0.2) is 22.5 Å². The molecule has 0 fully saturated rings. The zero-order valence-electron chi connectivity index (χ0n) is 18.3. The Bertz CT molecular complexity index is 1130. The van der Waals surface area contributed by atoms with Gasteiger partial charge in [-0.3, -0.25) is 9.36 Å². The molecular formula is C23H24N4O5S. The fourth-order valence-electron chi connectivity index (χ4n) is 2.92. The van der Waals surface area contributed by atoms with Gasteiger partial charge in [-0.2, -0.15) is 0 Å². The highest BCUT2D eigenvalue weighted by molar-refractivity contribution is 7.99. The second-order valence-electron chi connectivity index (χ2n) is 6.61. The Balaban J connectivity index is 1.65. The van der Waals surface area contributed by atoms with Gasteiger partial charge < -0.3 is 19.5 Å². The van der Waals surface area contributed by atoms with Crippen molar-refractivity contribution in [1.82, 2.24) is 14.8 Å². The van der Waals surface area contributed by atoms with E-state index < -0.39 is 5.97 Å². The van der Waals surface area contributed by atoms with E-state index in [1.54, 1.807) is 43.5 Å². The van der Waals surface area contributed by atoms with Crippen LogP contribution in [0.5, 0.6) is 11.5 Å². The Morgan fingerprint density at radius 1 is 1.09 bits per heavy atom. The lowest BCUT2D eigenvalue weighted by Gasteiger charge is -2.12. The van der Waals surface area contributed by atoms with Gasteiger partial charge in [0.05, 0.1) is 31.2 Å². The number of ether oxygens (including phenoxy) is 3. The highest BCUT2D eigenvalue weighted by Crippen LogP contribution is 2.27. The van der Waals surface area contributed by atoms with Gasteiger partial charge in [0.2, 0.25) is 5.91 Å². The molecule has 9 nitrogen and oxygen atoms in total. The second kappa shape index (κ2) is 11.7. The molecule has 0 aliphatic heterocycles. The summed E-state index contributed by atoms with van der Waals surface area (Å²) in [6.07, 6.45) is 1.71. The number of nitrogens with one attached hydrogen (secondary N) is 1. The number of hydrogen-bond acceptors (Lipinski definition) is 8. The summed E-state index contributed by atoms with van der Waals surface area (Å²) in [5.74, 6) is 1.04. The van der Waals surface area contributed by atoms with Gasteiger partial charge in [0.25, 0.3) is 0 Å². The predicted octanol–water partition coefficient (Wildman–Crippen LogP) is 3.57. The zero-order chi connectivity index (χ0) is 23.6. The van der Waals surface area contributed by atoms with Crippen LogP contribution in [0, 0.1) is 0 Å².